The summed E-state index contributed by atoms with van der Waals surface area (Å²) in [5, 5.41) is 7.94. The van der Waals surface area contributed by atoms with Crippen LogP contribution in [0.2, 0.25) is 0 Å². The molecule has 2 heteroatoms. The highest BCUT2D eigenvalue weighted by atomic mass is 15.1. The van der Waals surface area contributed by atoms with Crippen molar-refractivity contribution in [3.63, 3.8) is 0 Å². The molecule has 0 atom stereocenters. The molecule has 4 rings (SSSR count). The maximum Gasteiger partial charge on any atom is 0.0448 e. The summed E-state index contributed by atoms with van der Waals surface area (Å²) in [6.07, 6.45) is 0. The quantitative estimate of drug-likeness (QED) is 0.465. The summed E-state index contributed by atoms with van der Waals surface area (Å²) in [7, 11) is 8.48. The van der Waals surface area contributed by atoms with Crippen LogP contribution in [0.15, 0.2) is 60.7 Å². The van der Waals surface area contributed by atoms with Gasteiger partial charge in [-0.2, -0.15) is 0 Å². The summed E-state index contributed by atoms with van der Waals surface area (Å²) in [6.45, 7) is 0. The smallest absolute Gasteiger partial charge is 0.0448 e. The monoisotopic (exact) mass is 314 g/mol. The van der Waals surface area contributed by atoms with Gasteiger partial charge in [0.25, 0.3) is 0 Å². The molecule has 0 aliphatic rings. The van der Waals surface area contributed by atoms with Crippen molar-refractivity contribution >= 4 is 43.7 Å². The summed E-state index contributed by atoms with van der Waals surface area (Å²) in [6, 6.07) is 22.0. The van der Waals surface area contributed by atoms with Gasteiger partial charge in [-0.1, -0.05) is 48.5 Å². The van der Waals surface area contributed by atoms with Crippen LogP contribution in [-0.2, 0) is 0 Å². The minimum absolute atomic E-state index is 1.26. The van der Waals surface area contributed by atoms with Gasteiger partial charge >= 0.3 is 0 Å². The van der Waals surface area contributed by atoms with Gasteiger partial charge in [-0.15, -0.1) is 0 Å². The van der Waals surface area contributed by atoms with Gasteiger partial charge in [-0.05, 0) is 33.7 Å². The maximum atomic E-state index is 2.25. The van der Waals surface area contributed by atoms with E-state index < -0.39 is 0 Å². The van der Waals surface area contributed by atoms with Crippen molar-refractivity contribution in [2.24, 2.45) is 0 Å². The lowest BCUT2D eigenvalue weighted by Crippen LogP contribution is -2.11. The second-order valence-electron chi connectivity index (χ2n) is 6.73. The topological polar surface area (TPSA) is 6.48 Å². The molecule has 0 aliphatic carbocycles. The molecule has 0 radical (unpaired) electrons. The largest absolute Gasteiger partial charge is 0.377 e. The van der Waals surface area contributed by atoms with Crippen LogP contribution < -0.4 is 9.80 Å². The van der Waals surface area contributed by atoms with E-state index in [1.165, 1.54) is 43.7 Å². The number of fused-ring (bicyclic) bond motifs is 6. The lowest BCUT2D eigenvalue weighted by Gasteiger charge is -2.22. The summed E-state index contributed by atoms with van der Waals surface area (Å²) in [4.78, 5) is 4.42. The number of anilines is 2. The van der Waals surface area contributed by atoms with Crippen molar-refractivity contribution in [2.45, 2.75) is 0 Å². The highest BCUT2D eigenvalue weighted by molar-refractivity contribution is 6.30. The zero-order valence-electron chi connectivity index (χ0n) is 14.7. The molecule has 120 valence electrons. The first-order valence-corrected chi connectivity index (χ1v) is 8.30. The molecule has 4 aromatic carbocycles. The molecule has 0 amide bonds. The first-order chi connectivity index (χ1) is 11.6. The molecule has 0 fully saturated rings. The highest BCUT2D eigenvalue weighted by Crippen LogP contribution is 2.42. The molecular weight excluding hydrogens is 292 g/mol. The van der Waals surface area contributed by atoms with E-state index in [0.717, 1.165) is 0 Å². The molecule has 4 aromatic rings. The van der Waals surface area contributed by atoms with Crippen molar-refractivity contribution in [1.82, 2.24) is 0 Å². The van der Waals surface area contributed by atoms with Crippen LogP contribution in [0.1, 0.15) is 0 Å². The Labute approximate surface area is 142 Å². The van der Waals surface area contributed by atoms with Crippen LogP contribution in [0.25, 0.3) is 32.3 Å². The predicted octanol–water partition coefficient (Wildman–Crippen LogP) is 5.28. The van der Waals surface area contributed by atoms with Crippen LogP contribution >= 0.6 is 0 Å². The molecule has 24 heavy (non-hydrogen) atoms. The third-order valence-electron chi connectivity index (χ3n) is 4.81. The van der Waals surface area contributed by atoms with Crippen molar-refractivity contribution < 1.29 is 0 Å². The van der Waals surface area contributed by atoms with Gasteiger partial charge in [0.05, 0.1) is 0 Å². The molecule has 0 spiro atoms. The van der Waals surface area contributed by atoms with E-state index in [1.807, 2.05) is 0 Å². The van der Waals surface area contributed by atoms with Crippen LogP contribution in [0.4, 0.5) is 11.4 Å². The van der Waals surface area contributed by atoms with Crippen molar-refractivity contribution in [3.05, 3.63) is 60.7 Å². The highest BCUT2D eigenvalue weighted by Gasteiger charge is 2.15. The molecule has 2 nitrogen and oxygen atoms in total. The SMILES string of the molecule is CN(C)c1cccc2c3ccccc3c3cccc(N(C)C)c3c12. The number of hydrogen-bond acceptors (Lipinski definition) is 2. The normalized spacial score (nSPS) is 11.3. The molecule has 0 heterocycles. The Morgan fingerprint density at radius 3 is 1.21 bits per heavy atom. The Morgan fingerprint density at radius 1 is 0.458 bits per heavy atom. The summed E-state index contributed by atoms with van der Waals surface area (Å²) in [5.74, 6) is 0. The Kier molecular flexibility index (Phi) is 3.34. The maximum absolute atomic E-state index is 2.25. The predicted molar refractivity (Wildman–Crippen MR) is 108 cm³/mol. The van der Waals surface area contributed by atoms with Gasteiger partial charge < -0.3 is 9.80 Å². The third-order valence-corrected chi connectivity index (χ3v) is 4.81. The van der Waals surface area contributed by atoms with E-state index >= 15 is 0 Å². The molecular formula is C22H22N2. The van der Waals surface area contributed by atoms with Gasteiger partial charge in [0.1, 0.15) is 0 Å². The van der Waals surface area contributed by atoms with Crippen LogP contribution in [0.3, 0.4) is 0 Å². The summed E-state index contributed by atoms with van der Waals surface area (Å²) in [5.41, 5.74) is 2.52. The second-order valence-corrected chi connectivity index (χ2v) is 6.73. The van der Waals surface area contributed by atoms with Crippen molar-refractivity contribution in [1.29, 1.82) is 0 Å². The van der Waals surface area contributed by atoms with Gasteiger partial charge in [0.15, 0.2) is 0 Å². The van der Waals surface area contributed by atoms with Crippen molar-refractivity contribution in [2.75, 3.05) is 38.0 Å². The van der Waals surface area contributed by atoms with Gasteiger partial charge in [0, 0.05) is 50.3 Å². The lowest BCUT2D eigenvalue weighted by molar-refractivity contribution is 1.14. The lowest BCUT2D eigenvalue weighted by atomic mass is 9.92. The van der Waals surface area contributed by atoms with E-state index in [0.29, 0.717) is 0 Å². The zero-order chi connectivity index (χ0) is 16.8. The third kappa shape index (κ3) is 2.03. The minimum Gasteiger partial charge on any atom is -0.377 e. The number of rotatable bonds is 2. The van der Waals surface area contributed by atoms with E-state index in [9.17, 15) is 0 Å². The first kappa shape index (κ1) is 14.8. The Hall–Kier alpha value is -2.74. The van der Waals surface area contributed by atoms with Crippen molar-refractivity contribution in [3.8, 4) is 0 Å². The number of nitrogens with zero attached hydrogens (tertiary/aromatic N) is 2. The fourth-order valence-corrected chi connectivity index (χ4v) is 3.75. The Morgan fingerprint density at radius 2 is 0.833 bits per heavy atom. The Balaban J connectivity index is 2.40. The molecule has 0 aromatic heterocycles. The summed E-state index contributed by atoms with van der Waals surface area (Å²) >= 11 is 0. The fourth-order valence-electron chi connectivity index (χ4n) is 3.75. The van der Waals surface area contributed by atoms with E-state index in [1.54, 1.807) is 0 Å². The Bertz CT molecular complexity index is 975. The zero-order valence-corrected chi connectivity index (χ0v) is 14.7. The average molecular weight is 314 g/mol. The summed E-state index contributed by atoms with van der Waals surface area (Å²) < 4.78 is 0. The standard InChI is InChI=1S/C22H22N2/c1-23(2)19-13-7-11-17-15-9-5-6-10-16(15)18-12-8-14-20(24(3)4)22(18)21(17)19/h5-14H,1-4H3. The molecule has 0 saturated heterocycles. The molecule has 0 bridgehead atoms. The molecule has 0 N–H and O–H groups in total. The minimum atomic E-state index is 1.26. The van der Waals surface area contributed by atoms with E-state index in [-0.39, 0.29) is 0 Å². The van der Waals surface area contributed by atoms with E-state index in [2.05, 4.69) is 98.7 Å². The average Bonchev–Trinajstić information content (AvgIpc) is 2.60. The van der Waals surface area contributed by atoms with Crippen LogP contribution in [0, 0.1) is 0 Å². The fraction of sp³-hybridized carbons (Fsp3) is 0.182. The molecule has 0 saturated carbocycles. The van der Waals surface area contributed by atoms with Crippen LogP contribution in [0.5, 0.6) is 0 Å². The van der Waals surface area contributed by atoms with E-state index in [4.69, 9.17) is 0 Å². The first-order valence-electron chi connectivity index (χ1n) is 8.30. The van der Waals surface area contributed by atoms with Gasteiger partial charge in [-0.3, -0.25) is 0 Å². The molecule has 0 aliphatic heterocycles. The number of benzene rings is 4. The van der Waals surface area contributed by atoms with Gasteiger partial charge in [0.2, 0.25) is 0 Å². The van der Waals surface area contributed by atoms with Gasteiger partial charge in [-0.25, -0.2) is 0 Å². The number of hydrogen-bond donors (Lipinski definition) is 0. The molecule has 0 unspecified atom stereocenters. The van der Waals surface area contributed by atoms with Crippen LogP contribution in [-0.4, -0.2) is 28.2 Å². The second kappa shape index (κ2) is 5.41.